The Balaban J connectivity index is 1.94. The number of nitrogens with zero attached hydrogens (tertiary/aromatic N) is 2. The highest BCUT2D eigenvalue weighted by molar-refractivity contribution is 7.81. The standard InChI is InChI=1S/C19H28N2O3S/c1-3-4-8-11-24-19(23)21-14-16(25)12-17(21)18(22)20(2)13-15-9-6-5-7-10-15/h5-7,9-10,16-17,25H,3-4,8,11-14H2,1-2H3. The first-order valence-corrected chi connectivity index (χ1v) is 9.45. The van der Waals surface area contributed by atoms with Crippen LogP contribution in [-0.4, -0.2) is 53.3 Å². The molecule has 1 heterocycles. The molecule has 6 heteroatoms. The van der Waals surface area contributed by atoms with Crippen LogP contribution < -0.4 is 0 Å². The third kappa shape index (κ3) is 5.66. The third-order valence-corrected chi connectivity index (χ3v) is 4.78. The van der Waals surface area contributed by atoms with E-state index in [0.29, 0.717) is 26.1 Å². The van der Waals surface area contributed by atoms with Gasteiger partial charge in [0.2, 0.25) is 5.91 Å². The van der Waals surface area contributed by atoms with Crippen LogP contribution in [0.4, 0.5) is 4.79 Å². The number of hydrogen-bond donors (Lipinski definition) is 1. The highest BCUT2D eigenvalue weighted by atomic mass is 32.1. The van der Waals surface area contributed by atoms with Crippen molar-refractivity contribution < 1.29 is 14.3 Å². The summed E-state index contributed by atoms with van der Waals surface area (Å²) in [5, 5.41) is 0.00210. The third-order valence-electron chi connectivity index (χ3n) is 4.41. The van der Waals surface area contributed by atoms with Crippen molar-refractivity contribution in [1.29, 1.82) is 0 Å². The maximum absolute atomic E-state index is 12.8. The summed E-state index contributed by atoms with van der Waals surface area (Å²) in [5.74, 6) is -0.0640. The number of carbonyl (C=O) groups excluding carboxylic acids is 2. The molecule has 25 heavy (non-hydrogen) atoms. The SMILES string of the molecule is CCCCCOC(=O)N1CC(S)CC1C(=O)N(C)Cc1ccccc1. The molecule has 0 saturated carbocycles. The predicted octanol–water partition coefficient (Wildman–Crippen LogP) is 3.34. The molecule has 1 fully saturated rings. The van der Waals surface area contributed by atoms with E-state index in [-0.39, 0.29) is 11.2 Å². The summed E-state index contributed by atoms with van der Waals surface area (Å²) < 4.78 is 5.34. The van der Waals surface area contributed by atoms with Gasteiger partial charge in [0, 0.05) is 25.4 Å². The van der Waals surface area contributed by atoms with Gasteiger partial charge in [-0.1, -0.05) is 50.1 Å². The van der Waals surface area contributed by atoms with Gasteiger partial charge in [-0.3, -0.25) is 9.69 Å². The molecule has 1 saturated heterocycles. The first kappa shape index (κ1) is 19.6. The Morgan fingerprint density at radius 1 is 1.28 bits per heavy atom. The molecule has 1 aromatic rings. The average molecular weight is 365 g/mol. The van der Waals surface area contributed by atoms with E-state index in [4.69, 9.17) is 4.74 Å². The van der Waals surface area contributed by atoms with Crippen molar-refractivity contribution in [3.05, 3.63) is 35.9 Å². The number of rotatable bonds is 7. The van der Waals surface area contributed by atoms with Crippen molar-refractivity contribution in [2.24, 2.45) is 0 Å². The molecular formula is C19H28N2O3S. The number of ether oxygens (including phenoxy) is 1. The summed E-state index contributed by atoms with van der Waals surface area (Å²) in [7, 11) is 1.77. The molecule has 2 rings (SSSR count). The van der Waals surface area contributed by atoms with E-state index in [9.17, 15) is 9.59 Å². The van der Waals surface area contributed by atoms with E-state index in [0.717, 1.165) is 24.8 Å². The number of carbonyl (C=O) groups is 2. The zero-order valence-corrected chi connectivity index (χ0v) is 16.0. The summed E-state index contributed by atoms with van der Waals surface area (Å²) in [6, 6.07) is 9.33. The monoisotopic (exact) mass is 364 g/mol. The van der Waals surface area contributed by atoms with Crippen LogP contribution in [0.25, 0.3) is 0 Å². The molecule has 0 aromatic heterocycles. The van der Waals surface area contributed by atoms with E-state index in [2.05, 4.69) is 19.6 Å². The van der Waals surface area contributed by atoms with Gasteiger partial charge >= 0.3 is 6.09 Å². The van der Waals surface area contributed by atoms with E-state index >= 15 is 0 Å². The lowest BCUT2D eigenvalue weighted by Gasteiger charge is -2.27. The predicted molar refractivity (Wildman–Crippen MR) is 102 cm³/mol. The maximum Gasteiger partial charge on any atom is 0.410 e. The Labute approximate surface area is 155 Å². The van der Waals surface area contributed by atoms with Crippen LogP contribution in [-0.2, 0) is 16.1 Å². The number of amides is 2. The Bertz CT molecular complexity index is 567. The molecule has 2 atom stereocenters. The van der Waals surface area contributed by atoms with E-state index in [1.165, 1.54) is 4.90 Å². The minimum atomic E-state index is -0.491. The van der Waals surface area contributed by atoms with Gasteiger partial charge in [-0.05, 0) is 18.4 Å². The fourth-order valence-corrected chi connectivity index (χ4v) is 3.41. The smallest absolute Gasteiger partial charge is 0.410 e. The summed E-state index contributed by atoms with van der Waals surface area (Å²) in [5.41, 5.74) is 1.06. The van der Waals surface area contributed by atoms with Crippen molar-refractivity contribution in [2.75, 3.05) is 20.2 Å². The second-order valence-electron chi connectivity index (χ2n) is 6.56. The summed E-state index contributed by atoms with van der Waals surface area (Å²) >= 11 is 4.47. The second kappa shape index (κ2) is 9.70. The lowest BCUT2D eigenvalue weighted by molar-refractivity contribution is -0.134. The van der Waals surface area contributed by atoms with Crippen LogP contribution in [0.3, 0.4) is 0 Å². The van der Waals surface area contributed by atoms with Gasteiger partial charge in [-0.15, -0.1) is 0 Å². The molecule has 5 nitrogen and oxygen atoms in total. The Morgan fingerprint density at radius 2 is 2.00 bits per heavy atom. The van der Waals surface area contributed by atoms with Crippen molar-refractivity contribution in [2.45, 2.75) is 50.4 Å². The van der Waals surface area contributed by atoms with Crippen LogP contribution in [0.2, 0.25) is 0 Å². The Hall–Kier alpha value is -1.69. The molecule has 0 N–H and O–H groups in total. The van der Waals surface area contributed by atoms with Gasteiger partial charge in [0.05, 0.1) is 6.61 Å². The summed E-state index contributed by atoms with van der Waals surface area (Å²) in [6.45, 7) is 3.48. The van der Waals surface area contributed by atoms with Gasteiger partial charge in [0.1, 0.15) is 6.04 Å². The van der Waals surface area contributed by atoms with Gasteiger partial charge in [-0.25, -0.2) is 4.79 Å². The number of benzene rings is 1. The molecule has 0 bridgehead atoms. The quantitative estimate of drug-likeness (QED) is 0.596. The average Bonchev–Trinajstić information content (AvgIpc) is 3.00. The zero-order chi connectivity index (χ0) is 18.2. The summed E-state index contributed by atoms with van der Waals surface area (Å²) in [4.78, 5) is 28.4. The van der Waals surface area contributed by atoms with Crippen LogP contribution in [0.15, 0.2) is 30.3 Å². The minimum absolute atomic E-state index is 0.00210. The van der Waals surface area contributed by atoms with Crippen molar-refractivity contribution in [3.8, 4) is 0 Å². The topological polar surface area (TPSA) is 49.9 Å². The largest absolute Gasteiger partial charge is 0.449 e. The van der Waals surface area contributed by atoms with Gasteiger partial charge in [0.15, 0.2) is 0 Å². The fraction of sp³-hybridized carbons (Fsp3) is 0.579. The first-order valence-electron chi connectivity index (χ1n) is 8.93. The number of unbranched alkanes of at least 4 members (excludes halogenated alkanes) is 2. The number of hydrogen-bond acceptors (Lipinski definition) is 4. The second-order valence-corrected chi connectivity index (χ2v) is 7.29. The Morgan fingerprint density at radius 3 is 2.68 bits per heavy atom. The molecule has 138 valence electrons. The van der Waals surface area contributed by atoms with E-state index < -0.39 is 12.1 Å². The van der Waals surface area contributed by atoms with Crippen LogP contribution >= 0.6 is 12.6 Å². The van der Waals surface area contributed by atoms with E-state index in [1.807, 2.05) is 30.3 Å². The molecule has 1 aliphatic heterocycles. The van der Waals surface area contributed by atoms with Crippen LogP contribution in [0.1, 0.15) is 38.2 Å². The number of thiol groups is 1. The van der Waals surface area contributed by atoms with Crippen LogP contribution in [0, 0.1) is 0 Å². The molecule has 0 radical (unpaired) electrons. The van der Waals surface area contributed by atoms with Gasteiger partial charge in [0.25, 0.3) is 0 Å². The van der Waals surface area contributed by atoms with Crippen molar-refractivity contribution >= 4 is 24.6 Å². The van der Waals surface area contributed by atoms with Crippen molar-refractivity contribution in [3.63, 3.8) is 0 Å². The molecule has 1 aliphatic rings. The maximum atomic E-state index is 12.8. The summed E-state index contributed by atoms with van der Waals surface area (Å²) in [6.07, 6.45) is 3.12. The molecule has 0 spiro atoms. The highest BCUT2D eigenvalue weighted by Crippen LogP contribution is 2.24. The normalized spacial score (nSPS) is 19.7. The van der Waals surface area contributed by atoms with Crippen molar-refractivity contribution in [1.82, 2.24) is 9.80 Å². The molecule has 1 aromatic carbocycles. The van der Waals surface area contributed by atoms with Gasteiger partial charge in [-0.2, -0.15) is 12.6 Å². The zero-order valence-electron chi connectivity index (χ0n) is 15.1. The molecular weight excluding hydrogens is 336 g/mol. The molecule has 0 aliphatic carbocycles. The highest BCUT2D eigenvalue weighted by Gasteiger charge is 2.40. The minimum Gasteiger partial charge on any atom is -0.449 e. The lowest BCUT2D eigenvalue weighted by atomic mass is 10.1. The fourth-order valence-electron chi connectivity index (χ4n) is 3.03. The van der Waals surface area contributed by atoms with Crippen LogP contribution in [0.5, 0.6) is 0 Å². The number of likely N-dealkylation sites (tertiary alicyclic amines) is 1. The lowest BCUT2D eigenvalue weighted by Crippen LogP contribution is -2.46. The first-order chi connectivity index (χ1) is 12.0. The van der Waals surface area contributed by atoms with E-state index in [1.54, 1.807) is 11.9 Å². The van der Waals surface area contributed by atoms with Gasteiger partial charge < -0.3 is 9.64 Å². The molecule has 2 amide bonds. The Kier molecular flexibility index (Phi) is 7.62. The molecule has 2 unspecified atom stereocenters. The number of likely N-dealkylation sites (N-methyl/N-ethyl adjacent to an activating group) is 1.